The second-order valence-corrected chi connectivity index (χ2v) is 7.54. The average molecular weight is 331 g/mol. The van der Waals surface area contributed by atoms with Crippen LogP contribution >= 0.6 is 0 Å². The quantitative estimate of drug-likeness (QED) is 0.851. The van der Waals surface area contributed by atoms with E-state index in [0.29, 0.717) is 24.9 Å². The molecular weight excluding hydrogens is 306 g/mol. The monoisotopic (exact) mass is 331 g/mol. The van der Waals surface area contributed by atoms with Crippen LogP contribution in [-0.4, -0.2) is 37.9 Å². The first-order valence-corrected chi connectivity index (χ1v) is 8.48. The summed E-state index contributed by atoms with van der Waals surface area (Å²) in [5, 5.41) is 8.21. The molecule has 2 aromatic heterocycles. The number of hydrogen-bond acceptors (Lipinski definition) is 6. The van der Waals surface area contributed by atoms with Crippen LogP contribution < -0.4 is 5.56 Å². The van der Waals surface area contributed by atoms with Gasteiger partial charge in [-0.3, -0.25) is 9.69 Å². The maximum Gasteiger partial charge on any atom is 0.266 e. The Hall–Kier alpha value is -2.02. The highest BCUT2D eigenvalue weighted by Gasteiger charge is 2.22. The second-order valence-electron chi connectivity index (χ2n) is 7.54. The van der Waals surface area contributed by atoms with Gasteiger partial charge in [0.05, 0.1) is 12.2 Å². The zero-order valence-corrected chi connectivity index (χ0v) is 14.6. The Morgan fingerprint density at radius 1 is 1.25 bits per heavy atom. The minimum Gasteiger partial charge on any atom is -0.338 e. The Morgan fingerprint density at radius 2 is 2.00 bits per heavy atom. The molecule has 0 unspecified atom stereocenters. The molecule has 7 nitrogen and oxygen atoms in total. The Bertz CT molecular complexity index is 709. The Balaban J connectivity index is 1.59. The molecule has 0 radical (unpaired) electrons. The molecule has 24 heavy (non-hydrogen) atoms. The second kappa shape index (κ2) is 6.84. The summed E-state index contributed by atoms with van der Waals surface area (Å²) in [6.45, 7) is 9.67. The van der Waals surface area contributed by atoms with Crippen LogP contribution in [0.1, 0.15) is 45.2 Å². The van der Waals surface area contributed by atoms with Gasteiger partial charge in [-0.25, -0.2) is 4.68 Å². The zero-order valence-electron chi connectivity index (χ0n) is 14.6. The van der Waals surface area contributed by atoms with Crippen molar-refractivity contribution in [1.29, 1.82) is 0 Å². The van der Waals surface area contributed by atoms with E-state index in [1.807, 2.05) is 6.07 Å². The fourth-order valence-electron chi connectivity index (χ4n) is 3.01. The van der Waals surface area contributed by atoms with Crippen molar-refractivity contribution in [3.63, 3.8) is 0 Å². The highest BCUT2D eigenvalue weighted by atomic mass is 16.5. The van der Waals surface area contributed by atoms with E-state index in [1.54, 1.807) is 10.7 Å². The molecule has 0 aliphatic carbocycles. The lowest BCUT2D eigenvalue weighted by Crippen LogP contribution is -2.37. The summed E-state index contributed by atoms with van der Waals surface area (Å²) >= 11 is 0. The van der Waals surface area contributed by atoms with E-state index < -0.39 is 0 Å². The summed E-state index contributed by atoms with van der Waals surface area (Å²) in [4.78, 5) is 18.5. The van der Waals surface area contributed by atoms with Crippen molar-refractivity contribution in [2.75, 3.05) is 13.1 Å². The molecule has 1 aliphatic rings. The molecule has 3 heterocycles. The fraction of sp³-hybridized carbons (Fsp3) is 0.647. The smallest absolute Gasteiger partial charge is 0.266 e. The van der Waals surface area contributed by atoms with Gasteiger partial charge in [0.25, 0.3) is 5.56 Å². The first kappa shape index (κ1) is 16.8. The molecule has 1 saturated heterocycles. The first-order valence-electron chi connectivity index (χ1n) is 8.48. The zero-order chi connectivity index (χ0) is 17.2. The molecule has 0 amide bonds. The highest BCUT2D eigenvalue weighted by molar-refractivity contribution is 5.10. The number of piperidine rings is 1. The third-order valence-corrected chi connectivity index (χ3v) is 4.54. The molecule has 2 aromatic rings. The van der Waals surface area contributed by atoms with Crippen molar-refractivity contribution in [3.8, 4) is 0 Å². The van der Waals surface area contributed by atoms with Crippen LogP contribution in [0.5, 0.6) is 0 Å². The molecule has 0 spiro atoms. The molecule has 1 fully saturated rings. The third kappa shape index (κ3) is 4.08. The van der Waals surface area contributed by atoms with Gasteiger partial charge in [-0.15, -0.1) is 0 Å². The molecule has 0 atom stereocenters. The predicted molar refractivity (Wildman–Crippen MR) is 89.5 cm³/mol. The van der Waals surface area contributed by atoms with E-state index in [-0.39, 0.29) is 11.0 Å². The number of rotatable bonds is 4. The van der Waals surface area contributed by atoms with Crippen molar-refractivity contribution in [2.45, 2.75) is 52.1 Å². The summed E-state index contributed by atoms with van der Waals surface area (Å²) in [5.41, 5.74) is 0.885. The lowest BCUT2D eigenvalue weighted by Gasteiger charge is -2.31. The van der Waals surface area contributed by atoms with Crippen LogP contribution in [-0.2, 0) is 18.5 Å². The summed E-state index contributed by atoms with van der Waals surface area (Å²) in [6.07, 6.45) is 3.52. The summed E-state index contributed by atoms with van der Waals surface area (Å²) in [7, 11) is 0. The lowest BCUT2D eigenvalue weighted by molar-refractivity contribution is 0.147. The maximum absolute atomic E-state index is 12.1. The van der Waals surface area contributed by atoms with Gasteiger partial charge in [-0.05, 0) is 37.9 Å². The van der Waals surface area contributed by atoms with Gasteiger partial charge in [-0.2, -0.15) is 10.1 Å². The van der Waals surface area contributed by atoms with Gasteiger partial charge in [0.2, 0.25) is 5.89 Å². The average Bonchev–Trinajstić information content (AvgIpc) is 3.03. The maximum atomic E-state index is 12.1. The fourth-order valence-corrected chi connectivity index (χ4v) is 3.01. The minimum atomic E-state index is -0.0527. The summed E-state index contributed by atoms with van der Waals surface area (Å²) < 4.78 is 6.70. The normalized spacial score (nSPS) is 17.3. The Labute approximate surface area is 141 Å². The Morgan fingerprint density at radius 3 is 2.62 bits per heavy atom. The van der Waals surface area contributed by atoms with Crippen LogP contribution in [0, 0.1) is 5.92 Å². The van der Waals surface area contributed by atoms with Crippen molar-refractivity contribution >= 4 is 0 Å². The molecule has 3 rings (SSSR count). The van der Waals surface area contributed by atoms with Gasteiger partial charge in [0, 0.05) is 18.0 Å². The number of hydrogen-bond donors (Lipinski definition) is 0. The van der Waals surface area contributed by atoms with Gasteiger partial charge in [-0.1, -0.05) is 25.9 Å². The molecule has 130 valence electrons. The van der Waals surface area contributed by atoms with Gasteiger partial charge >= 0.3 is 0 Å². The van der Waals surface area contributed by atoms with E-state index in [2.05, 4.69) is 40.9 Å². The van der Waals surface area contributed by atoms with Gasteiger partial charge in [0.1, 0.15) is 0 Å². The number of aromatic nitrogens is 4. The van der Waals surface area contributed by atoms with E-state index in [1.165, 1.54) is 6.33 Å². The summed E-state index contributed by atoms with van der Waals surface area (Å²) in [5.74, 6) is 1.13. The highest BCUT2D eigenvalue weighted by Crippen LogP contribution is 2.21. The molecule has 0 N–H and O–H groups in total. The van der Waals surface area contributed by atoms with Crippen molar-refractivity contribution < 1.29 is 4.52 Å². The van der Waals surface area contributed by atoms with E-state index >= 15 is 0 Å². The molecular formula is C17H25N5O2. The van der Waals surface area contributed by atoms with Crippen LogP contribution in [0.3, 0.4) is 0 Å². The van der Waals surface area contributed by atoms with E-state index in [4.69, 9.17) is 4.52 Å². The van der Waals surface area contributed by atoms with Crippen LogP contribution in [0.25, 0.3) is 0 Å². The van der Waals surface area contributed by atoms with E-state index in [9.17, 15) is 4.79 Å². The largest absolute Gasteiger partial charge is 0.338 e. The molecule has 0 aromatic carbocycles. The van der Waals surface area contributed by atoms with Crippen molar-refractivity contribution in [2.24, 2.45) is 5.92 Å². The van der Waals surface area contributed by atoms with Crippen LogP contribution in [0.4, 0.5) is 0 Å². The first-order chi connectivity index (χ1) is 11.4. The standard InChI is InChI=1S/C17H25N5O2/c1-17(2,3)14-4-5-16(23)22(20-14)10-13-6-8-21(9-7-13)11-15-18-12-19-24-15/h4-5,12-13H,6-11H2,1-3H3. The Kier molecular flexibility index (Phi) is 4.80. The minimum absolute atomic E-state index is 0.0173. The van der Waals surface area contributed by atoms with Gasteiger partial charge in [0.15, 0.2) is 6.33 Å². The number of likely N-dealkylation sites (tertiary alicyclic amines) is 1. The summed E-state index contributed by atoms with van der Waals surface area (Å²) in [6, 6.07) is 3.48. The lowest BCUT2D eigenvalue weighted by atomic mass is 9.92. The number of nitrogens with zero attached hydrogens (tertiary/aromatic N) is 5. The van der Waals surface area contributed by atoms with E-state index in [0.717, 1.165) is 31.6 Å². The third-order valence-electron chi connectivity index (χ3n) is 4.54. The van der Waals surface area contributed by atoms with Crippen molar-refractivity contribution in [3.05, 3.63) is 40.4 Å². The molecule has 1 aliphatic heterocycles. The molecule has 0 bridgehead atoms. The van der Waals surface area contributed by atoms with Gasteiger partial charge < -0.3 is 4.52 Å². The molecule has 7 heteroatoms. The van der Waals surface area contributed by atoms with Crippen LogP contribution in [0.2, 0.25) is 0 Å². The topological polar surface area (TPSA) is 77.0 Å². The molecule has 0 saturated carbocycles. The van der Waals surface area contributed by atoms with Crippen molar-refractivity contribution in [1.82, 2.24) is 24.8 Å². The SMILES string of the molecule is CC(C)(C)c1ccc(=O)n(CC2CCN(Cc3ncno3)CC2)n1. The predicted octanol–water partition coefficient (Wildman–Crippen LogP) is 1.84. The van der Waals surface area contributed by atoms with Crippen LogP contribution in [0.15, 0.2) is 27.8 Å².